The van der Waals surface area contributed by atoms with Gasteiger partial charge in [0.25, 0.3) is 5.69 Å². The molecule has 4 rings (SSSR count). The first-order chi connectivity index (χ1) is 18.2. The maximum Gasteiger partial charge on any atom is 0.407 e. The van der Waals surface area contributed by atoms with E-state index in [1.165, 1.54) is 12.3 Å². The van der Waals surface area contributed by atoms with Gasteiger partial charge in [0.2, 0.25) is 5.43 Å². The van der Waals surface area contributed by atoms with Crippen LogP contribution in [0.2, 0.25) is 5.02 Å². The fourth-order valence-corrected chi connectivity index (χ4v) is 5.36. The average molecular weight is 563 g/mol. The molecule has 2 heterocycles. The number of benzene rings is 1. The largest absolute Gasteiger partial charge is 0.459 e. The van der Waals surface area contributed by atoms with Crippen molar-refractivity contribution in [1.82, 2.24) is 9.88 Å². The first-order valence-electron chi connectivity index (χ1n) is 13.2. The van der Waals surface area contributed by atoms with Crippen LogP contribution in [-0.4, -0.2) is 52.4 Å². The first kappa shape index (κ1) is 28.7. The molecule has 1 saturated heterocycles. The van der Waals surface area contributed by atoms with E-state index in [0.717, 1.165) is 12.8 Å². The van der Waals surface area contributed by atoms with E-state index in [1.807, 2.05) is 20.8 Å². The zero-order chi connectivity index (χ0) is 28.8. The summed E-state index contributed by atoms with van der Waals surface area (Å²) in [5, 5.41) is 15.2. The highest BCUT2D eigenvalue weighted by molar-refractivity contribution is 6.38. The summed E-state index contributed by atoms with van der Waals surface area (Å²) in [5.41, 5.74) is -1.41. The molecule has 0 radical (unpaired) electrons. The summed E-state index contributed by atoms with van der Waals surface area (Å²) in [6.45, 7) is 12.2. The number of nitro benzene ring substituents is 1. The summed E-state index contributed by atoms with van der Waals surface area (Å²) in [4.78, 5) is 52.1. The number of nitrogens with one attached hydrogen (secondary N) is 1. The number of piperidine rings is 1. The van der Waals surface area contributed by atoms with Crippen LogP contribution in [0.3, 0.4) is 0 Å². The fourth-order valence-electron chi connectivity index (χ4n) is 4.94. The van der Waals surface area contributed by atoms with E-state index in [1.54, 1.807) is 30.2 Å². The Morgan fingerprint density at radius 1 is 1.23 bits per heavy atom. The summed E-state index contributed by atoms with van der Waals surface area (Å²) in [6, 6.07) is 0.820. The zero-order valence-electron chi connectivity index (χ0n) is 23.1. The highest BCUT2D eigenvalue weighted by atomic mass is 35.5. The summed E-state index contributed by atoms with van der Waals surface area (Å²) in [5.74, 6) is -0.650. The molecule has 3 atom stereocenters. The Hall–Kier alpha value is -3.34. The van der Waals surface area contributed by atoms with Gasteiger partial charge in [-0.25, -0.2) is 9.59 Å². The molecule has 2 fully saturated rings. The monoisotopic (exact) mass is 562 g/mol. The number of hydrogen-bond acceptors (Lipinski definition) is 8. The molecule has 1 aromatic carbocycles. The maximum atomic E-state index is 13.4. The molecule has 0 spiro atoms. The number of carbonyl (C=O) groups is 2. The molecule has 2 aromatic rings. The van der Waals surface area contributed by atoms with Crippen LogP contribution < -0.4 is 15.6 Å². The van der Waals surface area contributed by atoms with Gasteiger partial charge in [-0.15, -0.1) is 0 Å². The lowest BCUT2D eigenvalue weighted by Crippen LogP contribution is -2.56. The predicted octanol–water partition coefficient (Wildman–Crippen LogP) is 4.89. The van der Waals surface area contributed by atoms with Crippen molar-refractivity contribution in [2.45, 2.75) is 78.7 Å². The van der Waals surface area contributed by atoms with Gasteiger partial charge in [-0.1, -0.05) is 25.4 Å². The highest BCUT2D eigenvalue weighted by Gasteiger charge is 2.38. The van der Waals surface area contributed by atoms with E-state index in [2.05, 4.69) is 5.32 Å². The second-order valence-electron chi connectivity index (χ2n) is 11.5. The lowest BCUT2D eigenvalue weighted by Gasteiger charge is -2.42. The third-order valence-electron chi connectivity index (χ3n) is 7.29. The summed E-state index contributed by atoms with van der Waals surface area (Å²) < 4.78 is 12.4. The molecule has 1 saturated carbocycles. The van der Waals surface area contributed by atoms with Crippen LogP contribution in [0.4, 0.5) is 16.2 Å². The molecule has 1 aliphatic heterocycles. The van der Waals surface area contributed by atoms with Gasteiger partial charge in [0.15, 0.2) is 0 Å². The number of hydrogen-bond donors (Lipinski definition) is 1. The van der Waals surface area contributed by atoms with E-state index in [9.17, 15) is 24.5 Å². The minimum Gasteiger partial charge on any atom is -0.459 e. The Kier molecular flexibility index (Phi) is 7.84. The van der Waals surface area contributed by atoms with Crippen molar-refractivity contribution >= 4 is 45.9 Å². The molecule has 0 bridgehead atoms. The van der Waals surface area contributed by atoms with Crippen molar-refractivity contribution in [3.63, 3.8) is 0 Å². The number of nitrogens with zero attached hydrogens (tertiary/aromatic N) is 3. The summed E-state index contributed by atoms with van der Waals surface area (Å²) in [6.07, 6.45) is 2.13. The van der Waals surface area contributed by atoms with Gasteiger partial charge in [-0.3, -0.25) is 14.9 Å². The number of fused-ring (bicyclic) bond motifs is 1. The van der Waals surface area contributed by atoms with Crippen molar-refractivity contribution in [3.05, 3.63) is 43.2 Å². The number of nitro groups is 1. The molecular formula is C27H35ClN4O7. The maximum absolute atomic E-state index is 13.4. The topological polar surface area (TPSA) is 133 Å². The van der Waals surface area contributed by atoms with Crippen LogP contribution in [-0.2, 0) is 16.0 Å². The lowest BCUT2D eigenvalue weighted by atomic mass is 9.84. The Morgan fingerprint density at radius 2 is 1.90 bits per heavy atom. The fraction of sp³-hybridized carbons (Fsp3) is 0.593. The molecular weight excluding hydrogens is 528 g/mol. The summed E-state index contributed by atoms with van der Waals surface area (Å²) in [7, 11) is 0. The van der Waals surface area contributed by atoms with Gasteiger partial charge in [0.1, 0.15) is 23.0 Å². The van der Waals surface area contributed by atoms with Crippen molar-refractivity contribution in [2.75, 3.05) is 18.0 Å². The summed E-state index contributed by atoms with van der Waals surface area (Å²) >= 11 is 6.90. The second kappa shape index (κ2) is 10.7. The number of esters is 1. The van der Waals surface area contributed by atoms with Crippen molar-refractivity contribution in [1.29, 1.82) is 0 Å². The number of halogens is 1. The minimum absolute atomic E-state index is 0.0237. The molecule has 11 nitrogen and oxygen atoms in total. The predicted molar refractivity (Wildman–Crippen MR) is 148 cm³/mol. The average Bonchev–Trinajstić information content (AvgIpc) is 3.64. The minimum atomic E-state index is -0.746. The number of aryl methyl sites for hydroxylation is 1. The molecule has 1 amide bonds. The molecule has 12 heteroatoms. The smallest absolute Gasteiger partial charge is 0.407 e. The number of ether oxygens (including phenoxy) is 2. The van der Waals surface area contributed by atoms with Gasteiger partial charge in [0.05, 0.1) is 26.9 Å². The number of pyridine rings is 1. The number of aromatic nitrogens is 1. The number of anilines is 1. The van der Waals surface area contributed by atoms with Crippen LogP contribution in [0.5, 0.6) is 0 Å². The third-order valence-corrected chi connectivity index (χ3v) is 7.65. The normalized spacial score (nSPS) is 21.5. The molecule has 1 aliphatic carbocycles. The van der Waals surface area contributed by atoms with Crippen LogP contribution in [0.1, 0.15) is 64.7 Å². The van der Waals surface area contributed by atoms with E-state index in [4.69, 9.17) is 21.1 Å². The van der Waals surface area contributed by atoms with Crippen molar-refractivity contribution < 1.29 is 24.0 Å². The Balaban J connectivity index is 1.80. The van der Waals surface area contributed by atoms with E-state index < -0.39 is 28.0 Å². The van der Waals surface area contributed by atoms with Crippen molar-refractivity contribution in [3.8, 4) is 0 Å². The van der Waals surface area contributed by atoms with E-state index in [-0.39, 0.29) is 57.9 Å². The molecule has 39 heavy (non-hydrogen) atoms. The van der Waals surface area contributed by atoms with Crippen LogP contribution >= 0.6 is 11.6 Å². The van der Waals surface area contributed by atoms with Crippen LogP contribution in [0, 0.1) is 22.0 Å². The standard InChI is InChI=1S/C27H35ClN4O7/c1-7-30-12-18(25(34)38-16-8-9-16)24(33)17-10-20(32(36)37)23(21(28)22(17)30)31-11-14(2)15(3)19(13-31)29-26(35)39-27(4,5)6/h10,12,14-16,19H,7-9,11,13H2,1-6H3,(H,29,35)/t14-,15-,19-/m1/s1. The molecule has 2 aliphatic rings. The van der Waals surface area contributed by atoms with Gasteiger partial charge in [0, 0.05) is 31.9 Å². The van der Waals surface area contributed by atoms with Gasteiger partial charge < -0.3 is 24.3 Å². The SMILES string of the molecule is CCn1cc(C(=O)OC2CC2)c(=O)c2cc([N+](=O)[O-])c(N3C[C@@H](C)[C@@H](C)[C@H](NC(=O)OC(C)(C)C)C3)c(Cl)c21. The first-order valence-corrected chi connectivity index (χ1v) is 13.6. The van der Waals surface area contributed by atoms with Crippen molar-refractivity contribution in [2.24, 2.45) is 11.8 Å². The molecule has 212 valence electrons. The molecule has 1 aromatic heterocycles. The Labute approximate surface area is 231 Å². The lowest BCUT2D eigenvalue weighted by molar-refractivity contribution is -0.384. The van der Waals surface area contributed by atoms with Gasteiger partial charge in [-0.05, 0) is 52.4 Å². The number of rotatable bonds is 6. The number of carbonyl (C=O) groups excluding carboxylic acids is 2. The zero-order valence-corrected chi connectivity index (χ0v) is 23.8. The quantitative estimate of drug-likeness (QED) is 0.299. The second-order valence-corrected chi connectivity index (χ2v) is 11.8. The van der Waals surface area contributed by atoms with Gasteiger partial charge in [-0.2, -0.15) is 0 Å². The molecule has 0 unspecified atom stereocenters. The third kappa shape index (κ3) is 5.98. The Morgan fingerprint density at radius 3 is 2.46 bits per heavy atom. The van der Waals surface area contributed by atoms with E-state index in [0.29, 0.717) is 18.6 Å². The van der Waals surface area contributed by atoms with Crippen LogP contribution in [0.15, 0.2) is 17.1 Å². The van der Waals surface area contributed by atoms with Gasteiger partial charge >= 0.3 is 12.1 Å². The Bertz CT molecular complexity index is 1380. The number of amides is 1. The van der Waals surface area contributed by atoms with Crippen LogP contribution in [0.25, 0.3) is 10.9 Å². The number of alkyl carbamates (subject to hydrolysis) is 1. The highest BCUT2D eigenvalue weighted by Crippen LogP contribution is 2.43. The van der Waals surface area contributed by atoms with E-state index >= 15 is 0 Å². The molecule has 1 N–H and O–H groups in total.